The number of aromatic nitrogens is 2. The molecule has 0 atom stereocenters. The molecule has 5 nitrogen and oxygen atoms in total. The first kappa shape index (κ1) is 25.7. The summed E-state index contributed by atoms with van der Waals surface area (Å²) in [4.78, 5) is 3.05. The third kappa shape index (κ3) is 4.70. The smallest absolute Gasteiger partial charge is 0.188 e. The lowest BCUT2D eigenvalue weighted by atomic mass is 9.79. The van der Waals surface area contributed by atoms with Crippen LogP contribution in [0.25, 0.3) is 0 Å². The number of sulfone groups is 1. The molecule has 0 radical (unpaired) electrons. The summed E-state index contributed by atoms with van der Waals surface area (Å²) < 4.78 is 30.5. The molecule has 3 aromatic rings. The molecule has 1 aliphatic heterocycles. The number of rotatable bonds is 6. The van der Waals surface area contributed by atoms with E-state index in [2.05, 4.69) is 50.5 Å². The van der Waals surface area contributed by atoms with Crippen LogP contribution in [0.1, 0.15) is 68.3 Å². The van der Waals surface area contributed by atoms with E-state index in [9.17, 15) is 8.42 Å². The van der Waals surface area contributed by atoms with Gasteiger partial charge < -0.3 is 4.90 Å². The largest absolute Gasteiger partial charge is 0.300 e. The van der Waals surface area contributed by atoms with Crippen LogP contribution in [-0.2, 0) is 21.1 Å². The van der Waals surface area contributed by atoms with Gasteiger partial charge in [-0.05, 0) is 101 Å². The van der Waals surface area contributed by atoms with Gasteiger partial charge in [0.15, 0.2) is 9.84 Å². The maximum atomic E-state index is 14.1. The minimum absolute atomic E-state index is 0.426. The van der Waals surface area contributed by atoms with Gasteiger partial charge in [0.05, 0.1) is 10.6 Å². The van der Waals surface area contributed by atoms with Crippen LogP contribution in [-0.4, -0.2) is 42.2 Å². The molecule has 2 fully saturated rings. The first-order valence-corrected chi connectivity index (χ1v) is 15.5. The normalized spacial score (nSPS) is 24.1. The van der Waals surface area contributed by atoms with Gasteiger partial charge in [0.2, 0.25) is 0 Å². The fourth-order valence-corrected chi connectivity index (χ4v) is 8.88. The van der Waals surface area contributed by atoms with Crippen molar-refractivity contribution in [1.82, 2.24) is 14.7 Å². The first-order valence-electron chi connectivity index (χ1n) is 13.2. The van der Waals surface area contributed by atoms with Gasteiger partial charge in [0.1, 0.15) is 4.75 Å². The molecule has 1 saturated heterocycles. The van der Waals surface area contributed by atoms with E-state index in [4.69, 9.17) is 0 Å². The number of hydrogen-bond acceptors (Lipinski definition) is 4. The van der Waals surface area contributed by atoms with Crippen molar-refractivity contribution in [3.05, 3.63) is 82.1 Å². The standard InChI is InChI=1S/C29H36BrN3O2S/c1-3-33-28(21-22(2)31-33)23-15-19-32(20-16-23)26-13-17-29(18-14-26,24-9-11-25(30)12-10-24)36(34,35)27-7-5-4-6-8-27/h4-12,21,23,26H,3,13-20H2,1-2H3. The Labute approximate surface area is 224 Å². The summed E-state index contributed by atoms with van der Waals surface area (Å²) >= 11 is 3.51. The van der Waals surface area contributed by atoms with Crippen LogP contribution in [0.4, 0.5) is 0 Å². The summed E-state index contributed by atoms with van der Waals surface area (Å²) in [5.41, 5.74) is 3.39. The quantitative estimate of drug-likeness (QED) is 0.341. The van der Waals surface area contributed by atoms with E-state index in [1.165, 1.54) is 5.69 Å². The Balaban J connectivity index is 1.33. The second kappa shape index (κ2) is 10.4. The Morgan fingerprint density at radius 3 is 2.22 bits per heavy atom. The van der Waals surface area contributed by atoms with E-state index >= 15 is 0 Å². The lowest BCUT2D eigenvalue weighted by molar-refractivity contribution is 0.110. The average Bonchev–Trinajstić information content (AvgIpc) is 3.30. The fraction of sp³-hybridized carbons (Fsp3) is 0.483. The monoisotopic (exact) mass is 569 g/mol. The molecule has 0 unspecified atom stereocenters. The highest BCUT2D eigenvalue weighted by Gasteiger charge is 2.49. The predicted molar refractivity (Wildman–Crippen MR) is 148 cm³/mol. The Bertz CT molecular complexity index is 1270. The van der Waals surface area contributed by atoms with Gasteiger partial charge in [0, 0.05) is 28.7 Å². The van der Waals surface area contributed by atoms with E-state index in [0.29, 0.717) is 29.7 Å². The second-order valence-corrected chi connectivity index (χ2v) is 13.6. The van der Waals surface area contributed by atoms with Crippen LogP contribution in [0.3, 0.4) is 0 Å². The molecule has 2 aliphatic rings. The first-order chi connectivity index (χ1) is 17.3. The Kier molecular flexibility index (Phi) is 7.44. The lowest BCUT2D eigenvalue weighted by Gasteiger charge is -2.45. The molecule has 2 aromatic carbocycles. The van der Waals surface area contributed by atoms with Crippen LogP contribution in [0.5, 0.6) is 0 Å². The molecule has 0 bridgehead atoms. The highest BCUT2D eigenvalue weighted by atomic mass is 79.9. The van der Waals surface area contributed by atoms with Gasteiger partial charge in [-0.1, -0.05) is 46.3 Å². The topological polar surface area (TPSA) is 55.2 Å². The Morgan fingerprint density at radius 1 is 0.972 bits per heavy atom. The van der Waals surface area contributed by atoms with Gasteiger partial charge in [-0.15, -0.1) is 0 Å². The summed E-state index contributed by atoms with van der Waals surface area (Å²) in [6.07, 6.45) is 5.39. The predicted octanol–water partition coefficient (Wildman–Crippen LogP) is 6.47. The summed E-state index contributed by atoms with van der Waals surface area (Å²) in [6.45, 7) is 7.29. The van der Waals surface area contributed by atoms with Crippen molar-refractivity contribution in [3.8, 4) is 0 Å². The van der Waals surface area contributed by atoms with Gasteiger partial charge in [-0.2, -0.15) is 5.10 Å². The zero-order valence-electron chi connectivity index (χ0n) is 21.2. The number of benzene rings is 2. The van der Waals surface area contributed by atoms with Crippen molar-refractivity contribution < 1.29 is 8.42 Å². The van der Waals surface area contributed by atoms with Crippen molar-refractivity contribution in [2.24, 2.45) is 0 Å². The SMILES string of the molecule is CCn1nc(C)cc1C1CCN(C2CCC(c3ccc(Br)cc3)(S(=O)(=O)c3ccccc3)CC2)CC1. The third-order valence-electron chi connectivity index (χ3n) is 8.40. The van der Waals surface area contributed by atoms with Crippen LogP contribution in [0.2, 0.25) is 0 Å². The molecule has 1 aromatic heterocycles. The third-order valence-corrected chi connectivity index (χ3v) is 11.5. The van der Waals surface area contributed by atoms with Crippen LogP contribution < -0.4 is 0 Å². The minimum atomic E-state index is -3.54. The molecule has 0 spiro atoms. The van der Waals surface area contributed by atoms with Crippen molar-refractivity contribution in [1.29, 1.82) is 0 Å². The molecule has 0 amide bonds. The molecule has 36 heavy (non-hydrogen) atoms. The Morgan fingerprint density at radius 2 is 1.61 bits per heavy atom. The number of hydrogen-bond donors (Lipinski definition) is 0. The number of likely N-dealkylation sites (tertiary alicyclic amines) is 1. The molecule has 7 heteroatoms. The van der Waals surface area contributed by atoms with E-state index in [-0.39, 0.29) is 0 Å². The van der Waals surface area contributed by atoms with E-state index in [1.807, 2.05) is 42.5 Å². The minimum Gasteiger partial charge on any atom is -0.300 e. The molecular formula is C29H36BrN3O2S. The summed E-state index contributed by atoms with van der Waals surface area (Å²) in [6, 6.07) is 19.6. The zero-order valence-corrected chi connectivity index (χ0v) is 23.6. The molecule has 0 N–H and O–H groups in total. The molecular weight excluding hydrogens is 534 g/mol. The molecule has 2 heterocycles. The summed E-state index contributed by atoms with van der Waals surface area (Å²) in [5, 5.41) is 4.65. The highest BCUT2D eigenvalue weighted by Crippen LogP contribution is 2.48. The Hall–Kier alpha value is -1.96. The molecule has 1 saturated carbocycles. The van der Waals surface area contributed by atoms with Crippen molar-refractivity contribution in [2.75, 3.05) is 13.1 Å². The number of nitrogens with zero attached hydrogens (tertiary/aromatic N) is 3. The van der Waals surface area contributed by atoms with E-state index in [0.717, 1.165) is 61.0 Å². The van der Waals surface area contributed by atoms with Crippen molar-refractivity contribution in [2.45, 2.75) is 80.5 Å². The van der Waals surface area contributed by atoms with E-state index in [1.54, 1.807) is 12.1 Å². The van der Waals surface area contributed by atoms with Crippen molar-refractivity contribution >= 4 is 25.8 Å². The van der Waals surface area contributed by atoms with Crippen LogP contribution in [0.15, 0.2) is 70.0 Å². The van der Waals surface area contributed by atoms with Gasteiger partial charge in [-0.25, -0.2) is 8.42 Å². The number of piperidine rings is 1. The molecule has 1 aliphatic carbocycles. The average molecular weight is 571 g/mol. The molecule has 192 valence electrons. The number of aryl methyl sites for hydroxylation is 2. The fourth-order valence-electron chi connectivity index (χ4n) is 6.43. The highest BCUT2D eigenvalue weighted by molar-refractivity contribution is 9.10. The zero-order chi connectivity index (χ0) is 25.3. The maximum Gasteiger partial charge on any atom is 0.188 e. The summed E-state index contributed by atoms with van der Waals surface area (Å²) in [5.74, 6) is 0.561. The van der Waals surface area contributed by atoms with Gasteiger partial charge >= 0.3 is 0 Å². The van der Waals surface area contributed by atoms with Crippen LogP contribution >= 0.6 is 15.9 Å². The molecule has 5 rings (SSSR count). The lowest BCUT2D eigenvalue weighted by Crippen LogP contribution is -2.48. The van der Waals surface area contributed by atoms with Crippen molar-refractivity contribution in [3.63, 3.8) is 0 Å². The van der Waals surface area contributed by atoms with E-state index < -0.39 is 14.6 Å². The second-order valence-electron chi connectivity index (χ2n) is 10.4. The van der Waals surface area contributed by atoms with Gasteiger partial charge in [0.25, 0.3) is 0 Å². The van der Waals surface area contributed by atoms with Crippen LogP contribution in [0, 0.1) is 6.92 Å². The number of halogens is 1. The maximum absolute atomic E-state index is 14.1. The van der Waals surface area contributed by atoms with Gasteiger partial charge in [-0.3, -0.25) is 4.68 Å². The summed E-state index contributed by atoms with van der Waals surface area (Å²) in [7, 11) is -3.54.